The molecule has 10 heteroatoms. The lowest BCUT2D eigenvalue weighted by Gasteiger charge is -2.14. The van der Waals surface area contributed by atoms with Crippen LogP contribution in [0.1, 0.15) is 19.4 Å². The number of aromatic nitrogens is 4. The third kappa shape index (κ3) is 4.32. The number of hydrogen-bond acceptors (Lipinski definition) is 5. The van der Waals surface area contributed by atoms with Gasteiger partial charge in [-0.3, -0.25) is 4.79 Å². The molecule has 3 N–H and O–H groups in total. The van der Waals surface area contributed by atoms with Gasteiger partial charge in [-0.05, 0) is 48.0 Å². The SMILES string of the molecule is CCC(C(=O)Nc1cc(Cl)c(N)c(Cl)c1)n1nnc(-c2ccc(Cl)cc2)n1. The fraction of sp³-hybridized carbons (Fsp3) is 0.176. The van der Waals surface area contributed by atoms with Crippen molar-refractivity contribution in [3.63, 3.8) is 0 Å². The molecule has 0 aliphatic carbocycles. The molecule has 1 aromatic heterocycles. The van der Waals surface area contributed by atoms with Crippen LogP contribution in [0.15, 0.2) is 36.4 Å². The summed E-state index contributed by atoms with van der Waals surface area (Å²) in [7, 11) is 0. The van der Waals surface area contributed by atoms with Gasteiger partial charge >= 0.3 is 0 Å². The second-order valence-corrected chi connectivity index (χ2v) is 6.96. The maximum Gasteiger partial charge on any atom is 0.251 e. The molecule has 0 aliphatic rings. The number of carbonyl (C=O) groups excluding carboxylic acids is 1. The van der Waals surface area contributed by atoms with Crippen LogP contribution in [0.4, 0.5) is 11.4 Å². The van der Waals surface area contributed by atoms with Crippen LogP contribution in [-0.4, -0.2) is 26.1 Å². The molecular formula is C17H15Cl3N6O. The van der Waals surface area contributed by atoms with Crippen LogP contribution in [0.2, 0.25) is 15.1 Å². The van der Waals surface area contributed by atoms with Gasteiger partial charge in [0.15, 0.2) is 6.04 Å². The minimum Gasteiger partial charge on any atom is -0.396 e. The lowest BCUT2D eigenvalue weighted by atomic mass is 10.2. The average Bonchev–Trinajstić information content (AvgIpc) is 3.10. The number of halogens is 3. The number of benzene rings is 2. The number of nitrogen functional groups attached to an aromatic ring is 1. The first-order valence-corrected chi connectivity index (χ1v) is 9.13. The van der Waals surface area contributed by atoms with E-state index < -0.39 is 6.04 Å². The number of nitrogens with two attached hydrogens (primary N) is 1. The number of rotatable bonds is 5. The van der Waals surface area contributed by atoms with E-state index in [9.17, 15) is 4.79 Å². The van der Waals surface area contributed by atoms with Crippen LogP contribution >= 0.6 is 34.8 Å². The summed E-state index contributed by atoms with van der Waals surface area (Å²) < 4.78 is 0. The summed E-state index contributed by atoms with van der Waals surface area (Å²) in [6.07, 6.45) is 0.457. The van der Waals surface area contributed by atoms with Gasteiger partial charge in [-0.2, -0.15) is 4.80 Å². The molecule has 2 aromatic carbocycles. The van der Waals surface area contributed by atoms with Gasteiger partial charge in [-0.25, -0.2) is 0 Å². The number of carbonyl (C=O) groups is 1. The summed E-state index contributed by atoms with van der Waals surface area (Å²) in [5, 5.41) is 16.2. The van der Waals surface area contributed by atoms with Crippen LogP contribution in [-0.2, 0) is 4.79 Å². The van der Waals surface area contributed by atoms with Gasteiger partial charge in [0.25, 0.3) is 5.91 Å². The van der Waals surface area contributed by atoms with Crippen molar-refractivity contribution in [1.82, 2.24) is 20.2 Å². The highest BCUT2D eigenvalue weighted by Gasteiger charge is 2.22. The lowest BCUT2D eigenvalue weighted by molar-refractivity contribution is -0.119. The van der Waals surface area contributed by atoms with Gasteiger partial charge in [-0.1, -0.05) is 41.7 Å². The average molecular weight is 426 g/mol. The first-order chi connectivity index (χ1) is 12.9. The van der Waals surface area contributed by atoms with E-state index in [0.29, 0.717) is 23.0 Å². The topological polar surface area (TPSA) is 98.7 Å². The number of amides is 1. The van der Waals surface area contributed by atoms with Crippen LogP contribution in [0.3, 0.4) is 0 Å². The predicted molar refractivity (Wildman–Crippen MR) is 107 cm³/mol. The Hall–Kier alpha value is -2.35. The minimum absolute atomic E-state index is 0.258. The zero-order valence-corrected chi connectivity index (χ0v) is 16.4. The second kappa shape index (κ2) is 8.12. The number of hydrogen-bond donors (Lipinski definition) is 2. The minimum atomic E-state index is -0.659. The first-order valence-electron chi connectivity index (χ1n) is 8.00. The Morgan fingerprint density at radius 1 is 1.19 bits per heavy atom. The van der Waals surface area contributed by atoms with Crippen molar-refractivity contribution in [3.05, 3.63) is 51.5 Å². The smallest absolute Gasteiger partial charge is 0.251 e. The molecule has 0 aliphatic heterocycles. The molecule has 0 saturated carbocycles. The van der Waals surface area contributed by atoms with Crippen LogP contribution in [0, 0.1) is 0 Å². The maximum atomic E-state index is 12.7. The molecule has 0 saturated heterocycles. The number of anilines is 2. The molecule has 0 radical (unpaired) electrons. The second-order valence-electron chi connectivity index (χ2n) is 5.71. The largest absolute Gasteiger partial charge is 0.396 e. The van der Waals surface area contributed by atoms with Gasteiger partial charge < -0.3 is 11.1 Å². The van der Waals surface area contributed by atoms with Crippen LogP contribution < -0.4 is 11.1 Å². The van der Waals surface area contributed by atoms with Gasteiger partial charge in [0.05, 0.1) is 15.7 Å². The van der Waals surface area contributed by atoms with Crippen LogP contribution in [0.5, 0.6) is 0 Å². The summed E-state index contributed by atoms with van der Waals surface area (Å²) in [6, 6.07) is 9.43. The summed E-state index contributed by atoms with van der Waals surface area (Å²) in [6.45, 7) is 1.85. The number of tetrazole rings is 1. The van der Waals surface area contributed by atoms with E-state index in [2.05, 4.69) is 20.7 Å². The van der Waals surface area contributed by atoms with Crippen molar-refractivity contribution in [1.29, 1.82) is 0 Å². The summed E-state index contributed by atoms with van der Waals surface area (Å²) >= 11 is 17.9. The Morgan fingerprint density at radius 2 is 1.81 bits per heavy atom. The fourth-order valence-corrected chi connectivity index (χ4v) is 3.02. The van der Waals surface area contributed by atoms with Crippen molar-refractivity contribution in [3.8, 4) is 11.4 Å². The first kappa shape index (κ1) is 19.4. The Kier molecular flexibility index (Phi) is 5.84. The molecule has 27 heavy (non-hydrogen) atoms. The quantitative estimate of drug-likeness (QED) is 0.587. The van der Waals surface area contributed by atoms with Crippen molar-refractivity contribution in [2.45, 2.75) is 19.4 Å². The van der Waals surface area contributed by atoms with E-state index in [1.54, 1.807) is 24.3 Å². The number of nitrogens with one attached hydrogen (secondary N) is 1. The molecule has 7 nitrogen and oxygen atoms in total. The highest BCUT2D eigenvalue weighted by atomic mass is 35.5. The van der Waals surface area contributed by atoms with Gasteiger partial charge in [-0.15, -0.1) is 10.2 Å². The molecule has 3 aromatic rings. The Bertz CT molecular complexity index is 950. The van der Waals surface area contributed by atoms with Crippen molar-refractivity contribution in [2.75, 3.05) is 11.1 Å². The lowest BCUT2D eigenvalue weighted by Crippen LogP contribution is -2.27. The normalized spacial score (nSPS) is 12.0. The zero-order valence-electron chi connectivity index (χ0n) is 14.2. The maximum absolute atomic E-state index is 12.7. The molecule has 1 unspecified atom stereocenters. The van der Waals surface area contributed by atoms with E-state index in [0.717, 1.165) is 5.56 Å². The Morgan fingerprint density at radius 3 is 2.41 bits per heavy atom. The van der Waals surface area contributed by atoms with Gasteiger partial charge in [0.1, 0.15) is 0 Å². The Labute approximate surface area is 170 Å². The highest BCUT2D eigenvalue weighted by molar-refractivity contribution is 6.39. The molecule has 1 heterocycles. The molecule has 0 fully saturated rings. The van der Waals surface area contributed by atoms with Gasteiger partial charge in [0.2, 0.25) is 5.82 Å². The highest BCUT2D eigenvalue weighted by Crippen LogP contribution is 2.31. The molecular weight excluding hydrogens is 411 g/mol. The van der Waals surface area contributed by atoms with Crippen molar-refractivity contribution >= 4 is 52.1 Å². The molecule has 140 valence electrons. The molecule has 0 bridgehead atoms. The van der Waals surface area contributed by atoms with E-state index in [4.69, 9.17) is 40.5 Å². The summed E-state index contributed by atoms with van der Waals surface area (Å²) in [5.74, 6) is 0.0750. The van der Waals surface area contributed by atoms with Gasteiger partial charge in [0, 0.05) is 16.3 Å². The standard InChI is InChI=1S/C17H15Cl3N6O/c1-2-14(17(27)22-11-7-12(19)15(21)13(20)8-11)26-24-16(23-25-26)9-3-5-10(18)6-4-9/h3-8,14H,2,21H2,1H3,(H,22,27). The molecule has 1 atom stereocenters. The number of nitrogens with zero attached hydrogens (tertiary/aromatic N) is 4. The predicted octanol–water partition coefficient (Wildman–Crippen LogP) is 4.47. The monoisotopic (exact) mass is 424 g/mol. The van der Waals surface area contributed by atoms with E-state index in [-0.39, 0.29) is 21.6 Å². The summed E-state index contributed by atoms with van der Waals surface area (Å²) in [4.78, 5) is 13.9. The van der Waals surface area contributed by atoms with Crippen molar-refractivity contribution < 1.29 is 4.79 Å². The third-order valence-electron chi connectivity index (χ3n) is 3.85. The molecule has 1 amide bonds. The fourth-order valence-electron chi connectivity index (χ4n) is 2.41. The molecule has 0 spiro atoms. The third-order valence-corrected chi connectivity index (χ3v) is 4.72. The van der Waals surface area contributed by atoms with E-state index in [1.807, 2.05) is 6.92 Å². The van der Waals surface area contributed by atoms with E-state index in [1.165, 1.54) is 16.9 Å². The zero-order chi connectivity index (χ0) is 19.6. The van der Waals surface area contributed by atoms with Crippen molar-refractivity contribution in [2.24, 2.45) is 0 Å². The summed E-state index contributed by atoms with van der Waals surface area (Å²) in [5.41, 5.74) is 7.15. The Balaban J connectivity index is 1.80. The van der Waals surface area contributed by atoms with Crippen LogP contribution in [0.25, 0.3) is 11.4 Å². The molecule has 3 rings (SSSR count). The van der Waals surface area contributed by atoms with E-state index >= 15 is 0 Å².